The van der Waals surface area contributed by atoms with Gasteiger partial charge in [0.05, 0.1) is 5.54 Å². The van der Waals surface area contributed by atoms with Gasteiger partial charge in [0, 0.05) is 6.42 Å². The van der Waals surface area contributed by atoms with Crippen molar-refractivity contribution in [1.82, 2.24) is 5.32 Å². The molecule has 1 aromatic rings. The van der Waals surface area contributed by atoms with Gasteiger partial charge in [-0.25, -0.2) is 0 Å². The molecule has 0 saturated carbocycles. The maximum atomic E-state index is 11.7. The molecule has 1 amide bonds. The highest BCUT2D eigenvalue weighted by molar-refractivity contribution is 5.77. The number of fused-ring (bicyclic) bond motifs is 1. The van der Waals surface area contributed by atoms with Crippen LogP contribution in [-0.2, 0) is 16.8 Å². The Kier molecular flexibility index (Phi) is 2.99. The number of carbonyl (C=O) groups is 1. The zero-order chi connectivity index (χ0) is 11.6. The Bertz CT molecular complexity index is 399. The predicted octanol–water partition coefficient (Wildman–Crippen LogP) is 2.76. The summed E-state index contributed by atoms with van der Waals surface area (Å²) in [5, 5.41) is 3.17. The number of hydrogen-bond donors (Lipinski definition) is 1. The van der Waals surface area contributed by atoms with E-state index in [-0.39, 0.29) is 11.4 Å². The third kappa shape index (κ3) is 1.97. The topological polar surface area (TPSA) is 29.1 Å². The van der Waals surface area contributed by atoms with Gasteiger partial charge >= 0.3 is 0 Å². The Morgan fingerprint density at radius 3 is 2.94 bits per heavy atom. The molecule has 1 unspecified atom stereocenters. The molecule has 0 aliphatic heterocycles. The van der Waals surface area contributed by atoms with E-state index in [1.54, 1.807) is 0 Å². The van der Waals surface area contributed by atoms with Crippen molar-refractivity contribution in [3.8, 4) is 0 Å². The highest BCUT2D eigenvalue weighted by Gasteiger charge is 2.34. The first-order valence-corrected chi connectivity index (χ1v) is 6.05. The zero-order valence-corrected chi connectivity index (χ0v) is 10.0. The van der Waals surface area contributed by atoms with Crippen LogP contribution in [0.2, 0.25) is 0 Å². The van der Waals surface area contributed by atoms with E-state index in [1.165, 1.54) is 11.1 Å². The first-order valence-electron chi connectivity index (χ1n) is 6.05. The van der Waals surface area contributed by atoms with Gasteiger partial charge in [-0.3, -0.25) is 4.79 Å². The van der Waals surface area contributed by atoms with Gasteiger partial charge in [0.1, 0.15) is 0 Å². The summed E-state index contributed by atoms with van der Waals surface area (Å²) >= 11 is 0. The van der Waals surface area contributed by atoms with Crippen molar-refractivity contribution in [3.63, 3.8) is 0 Å². The first-order chi connectivity index (χ1) is 7.65. The molecule has 2 nitrogen and oxygen atoms in total. The van der Waals surface area contributed by atoms with E-state index in [1.807, 2.05) is 13.0 Å². The van der Waals surface area contributed by atoms with Crippen molar-refractivity contribution in [1.29, 1.82) is 0 Å². The molecule has 2 heteroatoms. The number of nitrogens with one attached hydrogen (secondary N) is 1. The summed E-state index contributed by atoms with van der Waals surface area (Å²) in [5.41, 5.74) is 2.52. The van der Waals surface area contributed by atoms with Gasteiger partial charge in [0.15, 0.2) is 0 Å². The molecule has 1 aliphatic rings. The van der Waals surface area contributed by atoms with E-state index >= 15 is 0 Å². The standard InChI is InChI=1S/C14H19NO/c1-3-6-13(16)15-14(2)10-9-11-7-4-5-8-12(11)14/h4-5,7-8H,3,6,9-10H2,1-2H3,(H,15,16). The third-order valence-corrected chi connectivity index (χ3v) is 3.40. The largest absolute Gasteiger partial charge is 0.347 e. The van der Waals surface area contributed by atoms with Gasteiger partial charge in [0.2, 0.25) is 5.91 Å². The predicted molar refractivity (Wildman–Crippen MR) is 65.2 cm³/mol. The van der Waals surface area contributed by atoms with E-state index < -0.39 is 0 Å². The number of amides is 1. The second-order valence-corrected chi connectivity index (χ2v) is 4.79. The minimum atomic E-state index is -0.150. The molecule has 86 valence electrons. The Morgan fingerprint density at radius 2 is 2.19 bits per heavy atom. The lowest BCUT2D eigenvalue weighted by molar-refractivity contribution is -0.123. The van der Waals surface area contributed by atoms with Crippen LogP contribution in [0.4, 0.5) is 0 Å². The van der Waals surface area contributed by atoms with Crippen LogP contribution in [0.3, 0.4) is 0 Å². The summed E-state index contributed by atoms with van der Waals surface area (Å²) in [6.07, 6.45) is 3.61. The molecule has 1 aliphatic carbocycles. The molecule has 1 N–H and O–H groups in total. The van der Waals surface area contributed by atoms with Crippen LogP contribution in [-0.4, -0.2) is 5.91 Å². The van der Waals surface area contributed by atoms with E-state index in [9.17, 15) is 4.79 Å². The second kappa shape index (κ2) is 4.28. The lowest BCUT2D eigenvalue weighted by atomic mass is 9.94. The van der Waals surface area contributed by atoms with Crippen molar-refractivity contribution in [2.75, 3.05) is 0 Å². The minimum absolute atomic E-state index is 0.150. The zero-order valence-electron chi connectivity index (χ0n) is 10.0. The van der Waals surface area contributed by atoms with Crippen LogP contribution in [0, 0.1) is 0 Å². The van der Waals surface area contributed by atoms with E-state index in [2.05, 4.69) is 30.4 Å². The number of benzene rings is 1. The minimum Gasteiger partial charge on any atom is -0.347 e. The van der Waals surface area contributed by atoms with Gasteiger partial charge in [0.25, 0.3) is 0 Å². The van der Waals surface area contributed by atoms with Crippen LogP contribution in [0.25, 0.3) is 0 Å². The van der Waals surface area contributed by atoms with Crippen LogP contribution in [0.1, 0.15) is 44.2 Å². The molecule has 1 aromatic carbocycles. The van der Waals surface area contributed by atoms with Gasteiger partial charge < -0.3 is 5.32 Å². The molecule has 1 atom stereocenters. The normalized spacial score (nSPS) is 22.9. The fourth-order valence-corrected chi connectivity index (χ4v) is 2.52. The monoisotopic (exact) mass is 217 g/mol. The Balaban J connectivity index is 2.18. The van der Waals surface area contributed by atoms with Gasteiger partial charge in [-0.1, -0.05) is 31.2 Å². The number of hydrogen-bond acceptors (Lipinski definition) is 1. The highest BCUT2D eigenvalue weighted by atomic mass is 16.1. The molecule has 0 bridgehead atoms. The fourth-order valence-electron chi connectivity index (χ4n) is 2.52. The maximum Gasteiger partial charge on any atom is 0.220 e. The van der Waals surface area contributed by atoms with E-state index in [0.717, 1.165) is 19.3 Å². The number of carbonyl (C=O) groups excluding carboxylic acids is 1. The van der Waals surface area contributed by atoms with Crippen molar-refractivity contribution in [3.05, 3.63) is 35.4 Å². The quantitative estimate of drug-likeness (QED) is 0.828. The second-order valence-electron chi connectivity index (χ2n) is 4.79. The summed E-state index contributed by atoms with van der Waals surface area (Å²) in [7, 11) is 0. The molecule has 0 spiro atoms. The molecule has 0 saturated heterocycles. The van der Waals surface area contributed by atoms with Crippen LogP contribution >= 0.6 is 0 Å². The maximum absolute atomic E-state index is 11.7. The molecule has 16 heavy (non-hydrogen) atoms. The van der Waals surface area contributed by atoms with Crippen LogP contribution in [0.5, 0.6) is 0 Å². The summed E-state index contributed by atoms with van der Waals surface area (Å²) in [4.78, 5) is 11.7. The molecular weight excluding hydrogens is 198 g/mol. The Labute approximate surface area is 97.1 Å². The highest BCUT2D eigenvalue weighted by Crippen LogP contribution is 2.36. The van der Waals surface area contributed by atoms with Crippen molar-refractivity contribution in [2.24, 2.45) is 0 Å². The van der Waals surface area contributed by atoms with Crippen molar-refractivity contribution >= 4 is 5.91 Å². The molecule has 0 aromatic heterocycles. The Morgan fingerprint density at radius 1 is 1.44 bits per heavy atom. The van der Waals surface area contributed by atoms with Gasteiger partial charge in [-0.05, 0) is 37.3 Å². The summed E-state index contributed by atoms with van der Waals surface area (Å²) in [6, 6.07) is 8.41. The third-order valence-electron chi connectivity index (χ3n) is 3.40. The smallest absolute Gasteiger partial charge is 0.220 e. The molecule has 0 fully saturated rings. The molecule has 2 rings (SSSR count). The van der Waals surface area contributed by atoms with Crippen molar-refractivity contribution < 1.29 is 4.79 Å². The first kappa shape index (κ1) is 11.2. The molecular formula is C14H19NO. The molecule has 0 radical (unpaired) electrons. The lowest BCUT2D eigenvalue weighted by Gasteiger charge is -2.27. The van der Waals surface area contributed by atoms with Gasteiger partial charge in [-0.2, -0.15) is 0 Å². The van der Waals surface area contributed by atoms with Crippen LogP contribution < -0.4 is 5.32 Å². The molecule has 0 heterocycles. The number of aryl methyl sites for hydroxylation is 1. The lowest BCUT2D eigenvalue weighted by Crippen LogP contribution is -2.41. The van der Waals surface area contributed by atoms with Crippen LogP contribution in [0.15, 0.2) is 24.3 Å². The summed E-state index contributed by atoms with van der Waals surface area (Å²) in [5.74, 6) is 0.168. The SMILES string of the molecule is CCCC(=O)NC1(C)CCc2ccccc21. The van der Waals surface area contributed by atoms with Crippen molar-refractivity contribution in [2.45, 2.75) is 45.1 Å². The fraction of sp³-hybridized carbons (Fsp3) is 0.500. The summed E-state index contributed by atoms with van der Waals surface area (Å²) < 4.78 is 0. The van der Waals surface area contributed by atoms with E-state index in [4.69, 9.17) is 0 Å². The average molecular weight is 217 g/mol. The Hall–Kier alpha value is -1.31. The van der Waals surface area contributed by atoms with Gasteiger partial charge in [-0.15, -0.1) is 0 Å². The summed E-state index contributed by atoms with van der Waals surface area (Å²) in [6.45, 7) is 4.16. The average Bonchev–Trinajstić information content (AvgIpc) is 2.58. The number of rotatable bonds is 3. The van der Waals surface area contributed by atoms with E-state index in [0.29, 0.717) is 6.42 Å².